The van der Waals surface area contributed by atoms with Gasteiger partial charge in [0.05, 0.1) is 11.4 Å². The molecule has 126 valence electrons. The van der Waals surface area contributed by atoms with Crippen molar-refractivity contribution in [2.75, 3.05) is 6.61 Å². The van der Waals surface area contributed by atoms with Gasteiger partial charge in [-0.1, -0.05) is 0 Å². The fourth-order valence-electron chi connectivity index (χ4n) is 1.66. The first-order chi connectivity index (χ1) is 11.4. The molecule has 0 aliphatic rings. The van der Waals surface area contributed by atoms with Crippen molar-refractivity contribution >= 4 is 57.7 Å². The highest BCUT2D eigenvalue weighted by atomic mass is 127. The number of esters is 1. The molecule has 0 aliphatic heterocycles. The summed E-state index contributed by atoms with van der Waals surface area (Å²) in [4.78, 5) is 35.8. The molecule has 0 saturated heterocycles. The average Bonchev–Trinajstić information content (AvgIpc) is 3.17. The Bertz CT molecular complexity index is 777. The van der Waals surface area contributed by atoms with Crippen LogP contribution in [0.5, 0.6) is 0 Å². The van der Waals surface area contributed by atoms with Crippen LogP contribution in [0.2, 0.25) is 0 Å². The predicted molar refractivity (Wildman–Crippen MR) is 97.6 cm³/mol. The Morgan fingerprint density at radius 2 is 2.08 bits per heavy atom. The number of ketones is 1. The number of Topliss-reactive ketones (excluding diaryl/α,β-unsaturated/α-hetero) is 1. The second kappa shape index (κ2) is 8.78. The van der Waals surface area contributed by atoms with E-state index in [0.29, 0.717) is 20.9 Å². The molecule has 2 rings (SSSR count). The van der Waals surface area contributed by atoms with Crippen LogP contribution in [0.3, 0.4) is 0 Å². The molecule has 1 amide bonds. The number of furan rings is 1. The number of carbonyl (C=O) groups excluding carboxylic acids is 3. The first-order valence-electron chi connectivity index (χ1n) is 6.90. The zero-order valence-corrected chi connectivity index (χ0v) is 15.7. The predicted octanol–water partition coefficient (Wildman–Crippen LogP) is 3.02. The lowest BCUT2D eigenvalue weighted by Gasteiger charge is -2.00. The lowest BCUT2D eigenvalue weighted by Crippen LogP contribution is -2.18. The molecule has 0 fully saturated rings. The Hall–Kier alpha value is -1.94. The molecule has 2 aromatic heterocycles. The van der Waals surface area contributed by atoms with Gasteiger partial charge in [0, 0.05) is 17.9 Å². The molecule has 0 aromatic carbocycles. The Morgan fingerprint density at radius 3 is 2.75 bits per heavy atom. The number of hydrogen-bond donors (Lipinski definition) is 1. The third kappa shape index (κ3) is 5.93. The summed E-state index contributed by atoms with van der Waals surface area (Å²) in [6.45, 7) is 1.47. The van der Waals surface area contributed by atoms with Gasteiger partial charge < -0.3 is 14.5 Å². The van der Waals surface area contributed by atoms with Crippen molar-refractivity contribution in [2.45, 2.75) is 13.5 Å². The van der Waals surface area contributed by atoms with E-state index in [9.17, 15) is 14.4 Å². The zero-order valence-electron chi connectivity index (χ0n) is 12.7. The fourth-order valence-corrected chi connectivity index (χ4v) is 2.96. The number of halogens is 1. The summed E-state index contributed by atoms with van der Waals surface area (Å²) in [6, 6.07) is 6.90. The van der Waals surface area contributed by atoms with Gasteiger partial charge in [-0.2, -0.15) is 0 Å². The van der Waals surface area contributed by atoms with Crippen LogP contribution >= 0.6 is 33.9 Å². The summed E-state index contributed by atoms with van der Waals surface area (Å²) in [5, 5.41) is 2.65. The molecule has 0 unspecified atom stereocenters. The molecule has 0 saturated carbocycles. The Morgan fingerprint density at radius 1 is 1.29 bits per heavy atom. The highest BCUT2D eigenvalue weighted by molar-refractivity contribution is 14.1. The number of thiophene rings is 1. The summed E-state index contributed by atoms with van der Waals surface area (Å²) in [6.07, 6.45) is 2.68. The van der Waals surface area contributed by atoms with Gasteiger partial charge >= 0.3 is 5.97 Å². The highest BCUT2D eigenvalue weighted by Crippen LogP contribution is 2.17. The average molecular weight is 459 g/mol. The van der Waals surface area contributed by atoms with E-state index in [-0.39, 0.29) is 18.3 Å². The van der Waals surface area contributed by atoms with E-state index in [4.69, 9.17) is 9.15 Å². The van der Waals surface area contributed by atoms with Crippen molar-refractivity contribution in [1.82, 2.24) is 5.32 Å². The lowest BCUT2D eigenvalue weighted by atomic mass is 10.3. The zero-order chi connectivity index (χ0) is 17.5. The maximum atomic E-state index is 12.0. The first-order valence-corrected chi connectivity index (χ1v) is 8.80. The van der Waals surface area contributed by atoms with E-state index < -0.39 is 5.97 Å². The molecule has 0 aliphatic carbocycles. The van der Waals surface area contributed by atoms with Crippen LogP contribution in [-0.4, -0.2) is 24.3 Å². The van der Waals surface area contributed by atoms with Gasteiger partial charge in [-0.05, 0) is 52.9 Å². The minimum atomic E-state index is -0.621. The smallest absolute Gasteiger partial charge is 0.331 e. The van der Waals surface area contributed by atoms with Crippen LogP contribution < -0.4 is 5.32 Å². The van der Waals surface area contributed by atoms with E-state index >= 15 is 0 Å². The van der Waals surface area contributed by atoms with Crippen LogP contribution in [0, 0.1) is 3.77 Å². The van der Waals surface area contributed by atoms with Crippen LogP contribution in [0.1, 0.15) is 27.2 Å². The molecule has 2 heterocycles. The van der Waals surface area contributed by atoms with Gasteiger partial charge in [0.1, 0.15) is 5.76 Å². The number of rotatable bonds is 7. The second-order valence-corrected chi connectivity index (χ2v) is 6.91. The van der Waals surface area contributed by atoms with Crippen molar-refractivity contribution in [3.8, 4) is 0 Å². The second-order valence-electron chi connectivity index (χ2n) is 4.68. The van der Waals surface area contributed by atoms with Crippen molar-refractivity contribution in [3.63, 3.8) is 0 Å². The Labute approximate surface area is 156 Å². The van der Waals surface area contributed by atoms with Gasteiger partial charge in [0.15, 0.2) is 10.4 Å². The van der Waals surface area contributed by atoms with Crippen LogP contribution in [0.4, 0.5) is 0 Å². The largest absolute Gasteiger partial charge is 0.454 e. The quantitative estimate of drug-likeness (QED) is 0.298. The third-order valence-electron chi connectivity index (χ3n) is 2.77. The molecular weight excluding hydrogens is 445 g/mol. The van der Waals surface area contributed by atoms with Gasteiger partial charge in [0.25, 0.3) is 0 Å². The number of hydrogen-bond acceptors (Lipinski definition) is 6. The van der Waals surface area contributed by atoms with Crippen molar-refractivity contribution in [1.29, 1.82) is 0 Å². The number of amides is 1. The van der Waals surface area contributed by atoms with E-state index in [0.717, 1.165) is 4.88 Å². The number of ether oxygens (including phenoxy) is 1. The third-order valence-corrected chi connectivity index (χ3v) is 4.48. The van der Waals surface area contributed by atoms with Crippen molar-refractivity contribution < 1.29 is 23.5 Å². The monoisotopic (exact) mass is 459 g/mol. The van der Waals surface area contributed by atoms with Crippen molar-refractivity contribution in [2.24, 2.45) is 0 Å². The Kier molecular flexibility index (Phi) is 6.73. The fraction of sp³-hybridized carbons (Fsp3) is 0.188. The lowest BCUT2D eigenvalue weighted by molar-refractivity contribution is -0.136. The molecule has 0 spiro atoms. The van der Waals surface area contributed by atoms with Crippen LogP contribution in [-0.2, 0) is 20.9 Å². The molecule has 8 heteroatoms. The summed E-state index contributed by atoms with van der Waals surface area (Å²) >= 11 is 3.28. The summed E-state index contributed by atoms with van der Waals surface area (Å²) in [5.41, 5.74) is 0. The molecular formula is C16H14INO5S. The molecule has 24 heavy (non-hydrogen) atoms. The number of nitrogens with one attached hydrogen (secondary N) is 1. The SMILES string of the molecule is CC(=O)NCc1ccc(C(=O)COC(=O)/C=C/c2ccc(I)o2)s1. The van der Waals surface area contributed by atoms with Gasteiger partial charge in [-0.3, -0.25) is 9.59 Å². The van der Waals surface area contributed by atoms with E-state index in [1.165, 1.54) is 30.4 Å². The van der Waals surface area contributed by atoms with Crippen molar-refractivity contribution in [3.05, 3.63) is 49.6 Å². The maximum Gasteiger partial charge on any atom is 0.331 e. The normalized spacial score (nSPS) is 10.8. The maximum absolute atomic E-state index is 12.0. The summed E-state index contributed by atoms with van der Waals surface area (Å²) in [7, 11) is 0. The molecule has 0 radical (unpaired) electrons. The number of carbonyl (C=O) groups is 3. The minimum absolute atomic E-state index is 0.136. The van der Waals surface area contributed by atoms with E-state index in [1.807, 2.05) is 22.6 Å². The molecule has 2 aromatic rings. The van der Waals surface area contributed by atoms with Gasteiger partial charge in [-0.25, -0.2) is 4.79 Å². The van der Waals surface area contributed by atoms with Gasteiger partial charge in [-0.15, -0.1) is 11.3 Å². The van der Waals surface area contributed by atoms with Crippen LogP contribution in [0.15, 0.2) is 34.8 Å². The van der Waals surface area contributed by atoms with E-state index in [2.05, 4.69) is 5.32 Å². The standard InChI is InChI=1S/C16H14INO5S/c1-10(19)18-8-12-4-5-14(24-12)13(20)9-22-16(21)7-3-11-2-6-15(17)23-11/h2-7H,8-9H2,1H3,(H,18,19)/b7-3+. The molecule has 0 bridgehead atoms. The summed E-state index contributed by atoms with van der Waals surface area (Å²) in [5.74, 6) is -0.514. The topological polar surface area (TPSA) is 85.6 Å². The van der Waals surface area contributed by atoms with Gasteiger partial charge in [0.2, 0.25) is 11.7 Å². The Balaban J connectivity index is 1.81. The van der Waals surface area contributed by atoms with Crippen LogP contribution in [0.25, 0.3) is 6.08 Å². The molecule has 6 nitrogen and oxygen atoms in total. The first kappa shape index (κ1) is 18.4. The van der Waals surface area contributed by atoms with E-state index in [1.54, 1.807) is 24.3 Å². The minimum Gasteiger partial charge on any atom is -0.454 e. The molecule has 1 N–H and O–H groups in total. The summed E-state index contributed by atoms with van der Waals surface area (Å²) < 4.78 is 10.9. The highest BCUT2D eigenvalue weighted by Gasteiger charge is 2.11. The molecule has 0 atom stereocenters.